The van der Waals surface area contributed by atoms with Crippen LogP contribution in [0.4, 0.5) is 5.69 Å². The quantitative estimate of drug-likeness (QED) is 0.294. The Labute approximate surface area is 251 Å². The van der Waals surface area contributed by atoms with Crippen molar-refractivity contribution < 1.29 is 22.7 Å². The molecule has 0 aromatic heterocycles. The molecule has 0 bridgehead atoms. The molecule has 10 heteroatoms. The number of hydrogen-bond acceptors (Lipinski definition) is 5. The molecule has 0 heterocycles. The highest BCUT2D eigenvalue weighted by molar-refractivity contribution is 9.10. The van der Waals surface area contributed by atoms with Gasteiger partial charge < -0.3 is 15.0 Å². The molecule has 0 aliphatic rings. The number of sulfonamides is 1. The molecule has 1 N–H and O–H groups in total. The van der Waals surface area contributed by atoms with Gasteiger partial charge >= 0.3 is 0 Å². The first-order chi connectivity index (χ1) is 19.3. The Hall–Kier alpha value is -3.37. The molecule has 41 heavy (non-hydrogen) atoms. The van der Waals surface area contributed by atoms with Gasteiger partial charge in [-0.3, -0.25) is 13.9 Å². The summed E-state index contributed by atoms with van der Waals surface area (Å²) in [6, 6.07) is 22.6. The van der Waals surface area contributed by atoms with Crippen LogP contribution in [0.2, 0.25) is 0 Å². The van der Waals surface area contributed by atoms with Gasteiger partial charge in [0.25, 0.3) is 0 Å². The molecule has 0 saturated carbocycles. The summed E-state index contributed by atoms with van der Waals surface area (Å²) in [5.41, 5.74) is 1.45. The van der Waals surface area contributed by atoms with Crippen LogP contribution in [-0.2, 0) is 32.6 Å². The molecule has 3 aromatic rings. The van der Waals surface area contributed by atoms with Gasteiger partial charge in [-0.25, -0.2) is 8.42 Å². The SMILES string of the molecule is CCOc1ccc(N(CC(=O)N(Cc2cccc(Br)c2)[C@@H](Cc2ccccc2)C(=O)NC(C)(C)C)S(C)(=O)=O)cc1. The van der Waals surface area contributed by atoms with Crippen LogP contribution in [-0.4, -0.2) is 56.1 Å². The van der Waals surface area contributed by atoms with Crippen molar-refractivity contribution in [3.05, 3.63) is 94.5 Å². The molecule has 3 rings (SSSR count). The van der Waals surface area contributed by atoms with E-state index in [-0.39, 0.29) is 18.9 Å². The third kappa shape index (κ3) is 9.89. The number of hydrogen-bond donors (Lipinski definition) is 1. The molecule has 0 saturated heterocycles. The summed E-state index contributed by atoms with van der Waals surface area (Å²) in [7, 11) is -3.85. The fraction of sp³-hybridized carbons (Fsp3) is 0.355. The largest absolute Gasteiger partial charge is 0.494 e. The van der Waals surface area contributed by atoms with E-state index in [2.05, 4.69) is 21.2 Å². The van der Waals surface area contributed by atoms with E-state index in [0.29, 0.717) is 18.0 Å². The minimum absolute atomic E-state index is 0.105. The van der Waals surface area contributed by atoms with Gasteiger partial charge in [0.05, 0.1) is 18.6 Å². The minimum Gasteiger partial charge on any atom is -0.494 e. The molecule has 8 nitrogen and oxygen atoms in total. The molecule has 0 fully saturated rings. The predicted molar refractivity (Wildman–Crippen MR) is 166 cm³/mol. The second kappa shape index (κ2) is 14.0. The number of amides is 2. The maximum atomic E-state index is 14.1. The van der Waals surface area contributed by atoms with Crippen molar-refractivity contribution in [3.63, 3.8) is 0 Å². The number of rotatable bonds is 12. The summed E-state index contributed by atoms with van der Waals surface area (Å²) in [6.45, 7) is 7.59. The van der Waals surface area contributed by atoms with Crippen molar-refractivity contribution in [2.75, 3.05) is 23.7 Å². The maximum Gasteiger partial charge on any atom is 0.244 e. The lowest BCUT2D eigenvalue weighted by Crippen LogP contribution is -2.56. The molecular weight excluding hydrogens is 606 g/mol. The number of halogens is 1. The van der Waals surface area contributed by atoms with Crippen molar-refractivity contribution >= 4 is 43.5 Å². The first-order valence-corrected chi connectivity index (χ1v) is 16.0. The number of benzene rings is 3. The summed E-state index contributed by atoms with van der Waals surface area (Å²) in [5.74, 6) is -0.236. The van der Waals surface area contributed by atoms with Crippen molar-refractivity contribution in [1.82, 2.24) is 10.2 Å². The lowest BCUT2D eigenvalue weighted by atomic mass is 10.0. The molecule has 0 aliphatic carbocycles. The van der Waals surface area contributed by atoms with E-state index in [4.69, 9.17) is 4.74 Å². The highest BCUT2D eigenvalue weighted by Gasteiger charge is 2.34. The zero-order chi connectivity index (χ0) is 30.2. The molecule has 2 amide bonds. The van der Waals surface area contributed by atoms with Crippen molar-refractivity contribution in [1.29, 1.82) is 0 Å². The molecule has 3 aromatic carbocycles. The molecule has 0 aliphatic heterocycles. The second-order valence-electron chi connectivity index (χ2n) is 10.8. The van der Waals surface area contributed by atoms with Crippen LogP contribution >= 0.6 is 15.9 Å². The van der Waals surface area contributed by atoms with E-state index < -0.39 is 34.1 Å². The van der Waals surface area contributed by atoms with E-state index in [1.54, 1.807) is 24.3 Å². The van der Waals surface area contributed by atoms with Crippen molar-refractivity contribution in [2.24, 2.45) is 0 Å². The number of anilines is 1. The Morgan fingerprint density at radius 1 is 0.951 bits per heavy atom. The third-order valence-corrected chi connectivity index (χ3v) is 7.76. The van der Waals surface area contributed by atoms with Crippen LogP contribution in [0.5, 0.6) is 5.75 Å². The van der Waals surface area contributed by atoms with Crippen molar-refractivity contribution in [3.8, 4) is 5.75 Å². The normalized spacial score (nSPS) is 12.3. The van der Waals surface area contributed by atoms with Gasteiger partial charge in [-0.1, -0.05) is 58.4 Å². The fourth-order valence-corrected chi connectivity index (χ4v) is 5.62. The van der Waals surface area contributed by atoms with Gasteiger partial charge in [0.15, 0.2) is 0 Å². The summed E-state index contributed by atoms with van der Waals surface area (Å²) in [5, 5.41) is 3.02. The lowest BCUT2D eigenvalue weighted by Gasteiger charge is -2.35. The first kappa shape index (κ1) is 32.1. The van der Waals surface area contributed by atoms with Gasteiger partial charge in [-0.15, -0.1) is 0 Å². The Balaban J connectivity index is 2.05. The Morgan fingerprint density at radius 3 is 2.15 bits per heavy atom. The average Bonchev–Trinajstić information content (AvgIpc) is 2.89. The highest BCUT2D eigenvalue weighted by Crippen LogP contribution is 2.24. The Kier molecular flexibility index (Phi) is 11.0. The zero-order valence-corrected chi connectivity index (χ0v) is 26.5. The van der Waals surface area contributed by atoms with Gasteiger partial charge in [0.2, 0.25) is 21.8 Å². The lowest BCUT2D eigenvalue weighted by molar-refractivity contribution is -0.140. The Morgan fingerprint density at radius 2 is 1.59 bits per heavy atom. The number of nitrogens with zero attached hydrogens (tertiary/aromatic N) is 2. The molecule has 0 spiro atoms. The number of ether oxygens (including phenoxy) is 1. The van der Waals surface area contributed by atoms with Crippen LogP contribution in [0, 0.1) is 0 Å². The predicted octanol–water partition coefficient (Wildman–Crippen LogP) is 5.17. The van der Waals surface area contributed by atoms with Gasteiger partial charge in [0.1, 0.15) is 18.3 Å². The van der Waals surface area contributed by atoms with Crippen LogP contribution in [0.1, 0.15) is 38.8 Å². The summed E-state index contributed by atoms with van der Waals surface area (Å²) in [6.07, 6.45) is 1.31. The maximum absolute atomic E-state index is 14.1. The van der Waals surface area contributed by atoms with Gasteiger partial charge in [-0.05, 0) is 75.2 Å². The number of carbonyl (C=O) groups is 2. The van der Waals surface area contributed by atoms with Crippen LogP contribution in [0.15, 0.2) is 83.3 Å². The smallest absolute Gasteiger partial charge is 0.244 e. The van der Waals surface area contributed by atoms with E-state index in [0.717, 1.165) is 26.2 Å². The fourth-order valence-electron chi connectivity index (χ4n) is 4.33. The average molecular weight is 645 g/mol. The van der Waals surface area contributed by atoms with Crippen LogP contribution in [0.3, 0.4) is 0 Å². The number of carbonyl (C=O) groups excluding carboxylic acids is 2. The zero-order valence-electron chi connectivity index (χ0n) is 24.1. The van der Waals surface area contributed by atoms with Gasteiger partial charge in [0, 0.05) is 23.0 Å². The molecule has 1 atom stereocenters. The first-order valence-electron chi connectivity index (χ1n) is 13.4. The number of nitrogens with one attached hydrogen (secondary N) is 1. The van der Waals surface area contributed by atoms with Gasteiger partial charge in [-0.2, -0.15) is 0 Å². The molecule has 0 radical (unpaired) electrons. The topological polar surface area (TPSA) is 96.0 Å². The van der Waals surface area contributed by atoms with E-state index in [1.807, 2.05) is 82.3 Å². The summed E-state index contributed by atoms with van der Waals surface area (Å²) < 4.78 is 33.2. The standard InChI is InChI=1S/C31H38BrN3O5S/c1-6-40-27-17-15-26(16-18-27)35(41(5,38)39)22-29(36)34(21-24-13-10-14-25(32)19-24)28(30(37)33-31(2,3)4)20-23-11-8-7-9-12-23/h7-19,28H,6,20-22H2,1-5H3,(H,33,37)/t28-/m0/s1. The Bertz CT molecular complexity index is 1420. The minimum atomic E-state index is -3.85. The molecule has 0 unspecified atom stereocenters. The van der Waals surface area contributed by atoms with E-state index >= 15 is 0 Å². The van der Waals surface area contributed by atoms with Crippen LogP contribution in [0.25, 0.3) is 0 Å². The third-order valence-electron chi connectivity index (χ3n) is 6.13. The van der Waals surface area contributed by atoms with E-state index in [1.165, 1.54) is 4.90 Å². The summed E-state index contributed by atoms with van der Waals surface area (Å²) in [4.78, 5) is 29.4. The monoisotopic (exact) mass is 643 g/mol. The van der Waals surface area contributed by atoms with E-state index in [9.17, 15) is 18.0 Å². The van der Waals surface area contributed by atoms with Crippen molar-refractivity contribution in [2.45, 2.75) is 52.2 Å². The summed E-state index contributed by atoms with van der Waals surface area (Å²) >= 11 is 3.48. The second-order valence-corrected chi connectivity index (χ2v) is 13.6. The van der Waals surface area contributed by atoms with Crippen LogP contribution < -0.4 is 14.4 Å². The highest BCUT2D eigenvalue weighted by atomic mass is 79.9. The molecule has 220 valence electrons. The molecular formula is C31H38BrN3O5S.